The highest BCUT2D eigenvalue weighted by Crippen LogP contribution is 2.19. The maximum absolute atomic E-state index is 12.7. The number of pyridine rings is 1. The molecule has 0 bridgehead atoms. The van der Waals surface area contributed by atoms with E-state index in [9.17, 15) is 4.39 Å². The van der Waals surface area contributed by atoms with Crippen molar-refractivity contribution in [1.29, 1.82) is 0 Å². The van der Waals surface area contributed by atoms with Gasteiger partial charge in [0.25, 0.3) is 0 Å². The SMILES string of the molecule is C=C/C(=C\C=C(/C)F)c1cnc2[nH]ccc2c1. The summed E-state index contributed by atoms with van der Waals surface area (Å²) < 4.78 is 12.7. The Labute approximate surface area is 99.2 Å². The van der Waals surface area contributed by atoms with Crippen LogP contribution in [0.1, 0.15) is 12.5 Å². The van der Waals surface area contributed by atoms with Gasteiger partial charge in [-0.2, -0.15) is 0 Å². The van der Waals surface area contributed by atoms with Crippen LogP contribution < -0.4 is 0 Å². The standard InChI is InChI=1S/C14H13FN2/c1-3-11(5-4-10(2)15)13-8-12-6-7-16-14(12)17-9-13/h3-9H,1H2,2H3,(H,16,17)/b10-4+,11-5+. The molecule has 0 radical (unpaired) electrons. The lowest BCUT2D eigenvalue weighted by molar-refractivity contribution is 0.641. The van der Waals surface area contributed by atoms with Gasteiger partial charge in [0.05, 0.1) is 5.83 Å². The van der Waals surface area contributed by atoms with Crippen LogP contribution in [-0.4, -0.2) is 9.97 Å². The number of H-pyrrole nitrogens is 1. The molecule has 0 saturated carbocycles. The molecule has 0 amide bonds. The zero-order valence-electron chi connectivity index (χ0n) is 9.57. The second-order valence-electron chi connectivity index (χ2n) is 3.72. The number of nitrogens with zero attached hydrogens (tertiary/aromatic N) is 1. The van der Waals surface area contributed by atoms with E-state index in [2.05, 4.69) is 16.5 Å². The van der Waals surface area contributed by atoms with Crippen molar-refractivity contribution in [3.8, 4) is 0 Å². The summed E-state index contributed by atoms with van der Waals surface area (Å²) >= 11 is 0. The van der Waals surface area contributed by atoms with Crippen LogP contribution in [0.3, 0.4) is 0 Å². The third-order valence-corrected chi connectivity index (χ3v) is 2.45. The lowest BCUT2D eigenvalue weighted by Crippen LogP contribution is -1.84. The van der Waals surface area contributed by atoms with E-state index in [1.54, 1.807) is 18.3 Å². The minimum atomic E-state index is -0.236. The molecule has 3 heteroatoms. The molecule has 86 valence electrons. The minimum Gasteiger partial charge on any atom is -0.346 e. The molecule has 0 aliphatic rings. The monoisotopic (exact) mass is 228 g/mol. The number of allylic oxidation sites excluding steroid dienone is 5. The fourth-order valence-corrected chi connectivity index (χ4v) is 1.58. The molecule has 0 unspecified atom stereocenters. The highest BCUT2D eigenvalue weighted by atomic mass is 19.1. The van der Waals surface area contributed by atoms with Gasteiger partial charge in [0, 0.05) is 23.3 Å². The first-order valence-electron chi connectivity index (χ1n) is 5.31. The molecule has 1 N–H and O–H groups in total. The molecule has 2 nitrogen and oxygen atoms in total. The second kappa shape index (κ2) is 4.78. The van der Waals surface area contributed by atoms with Gasteiger partial charge in [-0.1, -0.05) is 18.7 Å². The van der Waals surface area contributed by atoms with Gasteiger partial charge in [-0.25, -0.2) is 9.37 Å². The maximum atomic E-state index is 12.7. The fraction of sp³-hybridized carbons (Fsp3) is 0.0714. The van der Waals surface area contributed by atoms with E-state index < -0.39 is 0 Å². The number of fused-ring (bicyclic) bond motifs is 1. The van der Waals surface area contributed by atoms with E-state index in [1.165, 1.54) is 13.0 Å². The van der Waals surface area contributed by atoms with E-state index >= 15 is 0 Å². The van der Waals surface area contributed by atoms with Gasteiger partial charge in [-0.15, -0.1) is 0 Å². The Bertz CT molecular complexity index is 601. The Kier molecular flexibility index (Phi) is 3.19. The van der Waals surface area contributed by atoms with Crippen LogP contribution in [0.5, 0.6) is 0 Å². The van der Waals surface area contributed by atoms with Gasteiger partial charge in [0.1, 0.15) is 5.65 Å². The first-order valence-corrected chi connectivity index (χ1v) is 5.31. The van der Waals surface area contributed by atoms with Crippen molar-refractivity contribution in [3.63, 3.8) is 0 Å². The van der Waals surface area contributed by atoms with Crippen LogP contribution in [0.25, 0.3) is 16.6 Å². The van der Waals surface area contributed by atoms with Crippen molar-refractivity contribution in [3.05, 3.63) is 60.7 Å². The lowest BCUT2D eigenvalue weighted by Gasteiger charge is -2.01. The van der Waals surface area contributed by atoms with Crippen molar-refractivity contribution >= 4 is 16.6 Å². The number of halogens is 1. The van der Waals surface area contributed by atoms with Crippen molar-refractivity contribution in [1.82, 2.24) is 9.97 Å². The van der Waals surface area contributed by atoms with Crippen LogP contribution >= 0.6 is 0 Å². The number of aromatic nitrogens is 2. The molecule has 0 fully saturated rings. The van der Waals surface area contributed by atoms with Gasteiger partial charge in [0.15, 0.2) is 0 Å². The highest BCUT2D eigenvalue weighted by Gasteiger charge is 2.01. The minimum absolute atomic E-state index is 0.236. The quantitative estimate of drug-likeness (QED) is 0.790. The third-order valence-electron chi connectivity index (χ3n) is 2.45. The average Bonchev–Trinajstić information content (AvgIpc) is 2.76. The van der Waals surface area contributed by atoms with Crippen LogP contribution in [-0.2, 0) is 0 Å². The molecule has 2 aromatic rings. The van der Waals surface area contributed by atoms with Crippen LogP contribution in [0, 0.1) is 0 Å². The number of hydrogen-bond donors (Lipinski definition) is 1. The van der Waals surface area contributed by atoms with E-state index in [-0.39, 0.29) is 5.83 Å². The molecular weight excluding hydrogens is 215 g/mol. The summed E-state index contributed by atoms with van der Waals surface area (Å²) in [6.45, 7) is 5.14. The summed E-state index contributed by atoms with van der Waals surface area (Å²) in [5.74, 6) is -0.236. The average molecular weight is 228 g/mol. The smallest absolute Gasteiger partial charge is 0.137 e. The summed E-state index contributed by atoms with van der Waals surface area (Å²) in [5, 5.41) is 1.02. The summed E-state index contributed by atoms with van der Waals surface area (Å²) in [6.07, 6.45) is 8.38. The number of hydrogen-bond acceptors (Lipinski definition) is 1. The van der Waals surface area contributed by atoms with Crippen LogP contribution in [0.2, 0.25) is 0 Å². The zero-order valence-corrected chi connectivity index (χ0v) is 9.57. The maximum Gasteiger partial charge on any atom is 0.137 e. The molecule has 2 heterocycles. The van der Waals surface area contributed by atoms with Crippen molar-refractivity contribution in [2.24, 2.45) is 0 Å². The molecule has 0 aliphatic carbocycles. The summed E-state index contributed by atoms with van der Waals surface area (Å²) in [7, 11) is 0. The zero-order chi connectivity index (χ0) is 12.3. The second-order valence-corrected chi connectivity index (χ2v) is 3.72. The van der Waals surface area contributed by atoms with Gasteiger partial charge >= 0.3 is 0 Å². The van der Waals surface area contributed by atoms with E-state index in [0.717, 1.165) is 22.2 Å². The van der Waals surface area contributed by atoms with E-state index in [0.29, 0.717) is 0 Å². The summed E-state index contributed by atoms with van der Waals surface area (Å²) in [5.41, 5.74) is 2.61. The topological polar surface area (TPSA) is 28.7 Å². The number of rotatable bonds is 3. The normalized spacial score (nSPS) is 13.1. The number of aromatic amines is 1. The predicted molar refractivity (Wildman–Crippen MR) is 69.1 cm³/mol. The molecular formula is C14H13FN2. The van der Waals surface area contributed by atoms with Gasteiger partial charge in [0.2, 0.25) is 0 Å². The predicted octanol–water partition coefficient (Wildman–Crippen LogP) is 4.01. The molecule has 2 rings (SSSR count). The Morgan fingerprint density at radius 2 is 2.29 bits per heavy atom. The third kappa shape index (κ3) is 2.50. The molecule has 0 aliphatic heterocycles. The van der Waals surface area contributed by atoms with Crippen LogP contribution in [0.4, 0.5) is 4.39 Å². The Hall–Kier alpha value is -2.16. The lowest BCUT2D eigenvalue weighted by atomic mass is 10.1. The highest BCUT2D eigenvalue weighted by molar-refractivity contribution is 5.83. The molecule has 0 atom stereocenters. The van der Waals surface area contributed by atoms with Crippen molar-refractivity contribution in [2.75, 3.05) is 0 Å². The van der Waals surface area contributed by atoms with E-state index in [4.69, 9.17) is 0 Å². The van der Waals surface area contributed by atoms with Gasteiger partial charge in [-0.05, 0) is 30.7 Å². The molecule has 2 aromatic heterocycles. The molecule has 0 spiro atoms. The van der Waals surface area contributed by atoms with Gasteiger partial charge < -0.3 is 4.98 Å². The first kappa shape index (κ1) is 11.3. The summed E-state index contributed by atoms with van der Waals surface area (Å²) in [4.78, 5) is 7.30. The van der Waals surface area contributed by atoms with Crippen molar-refractivity contribution < 1.29 is 4.39 Å². The summed E-state index contributed by atoms with van der Waals surface area (Å²) in [6, 6.07) is 3.94. The molecule has 17 heavy (non-hydrogen) atoms. The van der Waals surface area contributed by atoms with E-state index in [1.807, 2.05) is 18.3 Å². The molecule has 0 saturated heterocycles. The largest absolute Gasteiger partial charge is 0.346 e. The Morgan fingerprint density at radius 1 is 1.47 bits per heavy atom. The fourth-order valence-electron chi connectivity index (χ4n) is 1.58. The first-order chi connectivity index (χ1) is 8.20. The number of nitrogens with one attached hydrogen (secondary N) is 1. The van der Waals surface area contributed by atoms with Gasteiger partial charge in [-0.3, -0.25) is 0 Å². The Balaban J connectivity index is 2.46. The van der Waals surface area contributed by atoms with Crippen molar-refractivity contribution in [2.45, 2.75) is 6.92 Å². The molecule has 0 aromatic carbocycles. The Morgan fingerprint density at radius 3 is 3.00 bits per heavy atom. The van der Waals surface area contributed by atoms with Crippen LogP contribution in [0.15, 0.2) is 55.2 Å².